The van der Waals surface area contributed by atoms with Gasteiger partial charge in [-0.2, -0.15) is 0 Å². The molecule has 1 aromatic rings. The number of nitrogens with one attached hydrogen (secondary N) is 1. The summed E-state index contributed by atoms with van der Waals surface area (Å²) in [6.45, 7) is 6.64. The largest absolute Gasteiger partial charge is 0.359 e. The van der Waals surface area contributed by atoms with Crippen molar-refractivity contribution in [2.75, 3.05) is 0 Å². The van der Waals surface area contributed by atoms with Gasteiger partial charge in [-0.25, -0.2) is 0 Å². The molecule has 1 heteroatoms. The third kappa shape index (κ3) is 6.98. The molecule has 0 radical (unpaired) electrons. The molecule has 0 unspecified atom stereocenters. The summed E-state index contributed by atoms with van der Waals surface area (Å²) in [5, 5.41) is 0. The highest BCUT2D eigenvalue weighted by Crippen LogP contribution is 2.18. The molecular formula is C19H33N. The fraction of sp³-hybridized carbons (Fsp3) is 0.684. The Kier molecular flexibility index (Phi) is 9.19. The van der Waals surface area contributed by atoms with Crippen molar-refractivity contribution in [1.82, 2.24) is 4.98 Å². The Balaban J connectivity index is 0.000000200. The molecule has 2 rings (SSSR count). The molecule has 0 aliphatic heterocycles. The van der Waals surface area contributed by atoms with Gasteiger partial charge in [0.1, 0.15) is 0 Å². The molecule has 0 aromatic carbocycles. The number of hydrogen-bond donors (Lipinski definition) is 1. The summed E-state index contributed by atoms with van der Waals surface area (Å²) in [6.07, 6.45) is 18.3. The fourth-order valence-corrected chi connectivity index (χ4v) is 2.67. The summed E-state index contributed by atoms with van der Waals surface area (Å²) in [6, 6.07) is 2.23. The summed E-state index contributed by atoms with van der Waals surface area (Å²) >= 11 is 0. The maximum Gasteiger partial charge on any atom is 0.0411 e. The van der Waals surface area contributed by atoms with Crippen LogP contribution in [0.15, 0.2) is 12.1 Å². The van der Waals surface area contributed by atoms with Crippen molar-refractivity contribution >= 4 is 6.08 Å². The maximum absolute atomic E-state index is 3.31. The van der Waals surface area contributed by atoms with Gasteiger partial charge in [0.2, 0.25) is 0 Å². The zero-order chi connectivity index (χ0) is 14.6. The van der Waals surface area contributed by atoms with Gasteiger partial charge in [-0.3, -0.25) is 0 Å². The van der Waals surface area contributed by atoms with Crippen LogP contribution in [-0.4, -0.2) is 4.98 Å². The first-order valence-electron chi connectivity index (χ1n) is 8.63. The van der Waals surface area contributed by atoms with Gasteiger partial charge in [-0.05, 0) is 37.5 Å². The van der Waals surface area contributed by atoms with E-state index in [2.05, 4.69) is 44.0 Å². The minimum absolute atomic E-state index is 1.20. The molecule has 1 nitrogen and oxygen atoms in total. The van der Waals surface area contributed by atoms with Crippen molar-refractivity contribution in [3.63, 3.8) is 0 Å². The Morgan fingerprint density at radius 3 is 2.10 bits per heavy atom. The van der Waals surface area contributed by atoms with Crippen LogP contribution in [0, 0.1) is 6.92 Å². The second-order valence-corrected chi connectivity index (χ2v) is 5.95. The van der Waals surface area contributed by atoms with E-state index in [1.165, 1.54) is 81.2 Å². The van der Waals surface area contributed by atoms with E-state index in [1.54, 1.807) is 0 Å². The second-order valence-electron chi connectivity index (χ2n) is 5.95. The third-order valence-corrected chi connectivity index (χ3v) is 3.89. The zero-order valence-corrected chi connectivity index (χ0v) is 13.8. The van der Waals surface area contributed by atoms with Gasteiger partial charge in [-0.1, -0.05) is 71.3 Å². The van der Waals surface area contributed by atoms with Gasteiger partial charge >= 0.3 is 0 Å². The number of aryl methyl sites for hydroxylation is 2. The standard InChI is InChI=1S/C10H22.C9H11N/c1-3-5-7-9-10-8-6-4-2;1-7-6-8-4-2-3-5-9(8)10-7/h3-10H2,1-2H3;3,5-6,10H,2,4H2,1H3. The van der Waals surface area contributed by atoms with Crippen molar-refractivity contribution in [2.45, 2.75) is 85.0 Å². The van der Waals surface area contributed by atoms with Gasteiger partial charge in [-0.15, -0.1) is 0 Å². The van der Waals surface area contributed by atoms with Crippen molar-refractivity contribution in [3.05, 3.63) is 29.1 Å². The highest BCUT2D eigenvalue weighted by atomic mass is 14.7. The van der Waals surface area contributed by atoms with Gasteiger partial charge in [0.05, 0.1) is 0 Å². The van der Waals surface area contributed by atoms with Crippen molar-refractivity contribution in [2.24, 2.45) is 0 Å². The summed E-state index contributed by atoms with van der Waals surface area (Å²) in [7, 11) is 0. The minimum atomic E-state index is 1.20. The van der Waals surface area contributed by atoms with Crippen LogP contribution in [0.5, 0.6) is 0 Å². The highest BCUT2D eigenvalue weighted by Gasteiger charge is 2.05. The van der Waals surface area contributed by atoms with Gasteiger partial charge < -0.3 is 4.98 Å². The Morgan fingerprint density at radius 1 is 0.950 bits per heavy atom. The van der Waals surface area contributed by atoms with E-state index in [9.17, 15) is 0 Å². The summed E-state index contributed by atoms with van der Waals surface area (Å²) in [5.74, 6) is 0. The van der Waals surface area contributed by atoms with Gasteiger partial charge in [0.25, 0.3) is 0 Å². The van der Waals surface area contributed by atoms with E-state index in [-0.39, 0.29) is 0 Å². The molecule has 0 atom stereocenters. The predicted octanol–water partition coefficient (Wildman–Crippen LogP) is 6.43. The Hall–Kier alpha value is -0.980. The number of hydrogen-bond acceptors (Lipinski definition) is 0. The number of aromatic nitrogens is 1. The predicted molar refractivity (Wildman–Crippen MR) is 91.2 cm³/mol. The summed E-state index contributed by atoms with van der Waals surface area (Å²) in [4.78, 5) is 3.31. The van der Waals surface area contributed by atoms with E-state index >= 15 is 0 Å². The van der Waals surface area contributed by atoms with Gasteiger partial charge in [0, 0.05) is 11.4 Å². The lowest BCUT2D eigenvalue weighted by Gasteiger charge is -2.01. The van der Waals surface area contributed by atoms with Crippen LogP contribution in [0.2, 0.25) is 0 Å². The highest BCUT2D eigenvalue weighted by molar-refractivity contribution is 5.53. The van der Waals surface area contributed by atoms with Crippen LogP contribution < -0.4 is 0 Å². The van der Waals surface area contributed by atoms with Gasteiger partial charge in [0.15, 0.2) is 0 Å². The smallest absolute Gasteiger partial charge is 0.0411 e. The van der Waals surface area contributed by atoms with Crippen LogP contribution in [-0.2, 0) is 6.42 Å². The van der Waals surface area contributed by atoms with E-state index in [0.717, 1.165) is 0 Å². The SMILES string of the molecule is CCCCCCCCCC.Cc1cc2c([nH]1)C=CCC2. The Bertz CT molecular complexity index is 365. The fourth-order valence-electron chi connectivity index (χ4n) is 2.67. The van der Waals surface area contributed by atoms with Crippen molar-refractivity contribution < 1.29 is 0 Å². The molecule has 1 aromatic heterocycles. The molecule has 0 saturated carbocycles. The molecule has 1 heterocycles. The average molecular weight is 275 g/mol. The first-order chi connectivity index (χ1) is 9.77. The monoisotopic (exact) mass is 275 g/mol. The summed E-state index contributed by atoms with van der Waals surface area (Å²) in [5.41, 5.74) is 4.06. The molecule has 0 saturated heterocycles. The molecular weight excluding hydrogens is 242 g/mol. The molecule has 20 heavy (non-hydrogen) atoms. The molecule has 0 amide bonds. The number of unbranched alkanes of at least 4 members (excludes halogenated alkanes) is 7. The molecule has 114 valence electrons. The number of rotatable bonds is 7. The quantitative estimate of drug-likeness (QED) is 0.552. The van der Waals surface area contributed by atoms with Crippen LogP contribution in [0.3, 0.4) is 0 Å². The molecule has 1 aliphatic rings. The lowest BCUT2D eigenvalue weighted by atomic mass is 10.1. The number of aromatic amines is 1. The van der Waals surface area contributed by atoms with Crippen LogP contribution in [0.1, 0.15) is 88.6 Å². The molecule has 1 N–H and O–H groups in total. The maximum atomic E-state index is 3.31. The molecule has 0 bridgehead atoms. The van der Waals surface area contributed by atoms with Crippen LogP contribution >= 0.6 is 0 Å². The van der Waals surface area contributed by atoms with E-state index in [1.807, 2.05) is 0 Å². The minimum Gasteiger partial charge on any atom is -0.359 e. The summed E-state index contributed by atoms with van der Waals surface area (Å²) < 4.78 is 0. The van der Waals surface area contributed by atoms with Crippen molar-refractivity contribution in [1.29, 1.82) is 0 Å². The second kappa shape index (κ2) is 10.8. The Labute approximate surface area is 125 Å². The lowest BCUT2D eigenvalue weighted by molar-refractivity contribution is 0.585. The van der Waals surface area contributed by atoms with Crippen LogP contribution in [0.4, 0.5) is 0 Å². The molecule has 0 fully saturated rings. The molecule has 1 aliphatic carbocycles. The lowest BCUT2D eigenvalue weighted by Crippen LogP contribution is -1.88. The first-order valence-corrected chi connectivity index (χ1v) is 8.63. The van der Waals surface area contributed by atoms with Crippen molar-refractivity contribution in [3.8, 4) is 0 Å². The normalized spacial score (nSPS) is 12.8. The number of fused-ring (bicyclic) bond motifs is 1. The topological polar surface area (TPSA) is 15.8 Å². The van der Waals surface area contributed by atoms with Crippen LogP contribution in [0.25, 0.3) is 6.08 Å². The third-order valence-electron chi connectivity index (χ3n) is 3.89. The number of allylic oxidation sites excluding steroid dienone is 1. The Morgan fingerprint density at radius 2 is 1.55 bits per heavy atom. The van der Waals surface area contributed by atoms with E-state index in [0.29, 0.717) is 0 Å². The van der Waals surface area contributed by atoms with E-state index < -0.39 is 0 Å². The number of H-pyrrole nitrogens is 1. The van der Waals surface area contributed by atoms with E-state index in [4.69, 9.17) is 0 Å². The first kappa shape index (κ1) is 17.1. The molecule has 0 spiro atoms. The average Bonchev–Trinajstić information content (AvgIpc) is 2.83. The zero-order valence-electron chi connectivity index (χ0n) is 13.8.